The number of nitrogens with one attached hydrogen (secondary N) is 1. The SMILES string of the molecule is CNC(C)C(O)C(O)CO. The fourth-order valence-corrected chi connectivity index (χ4v) is 0.612. The molecular formula is C6H15NO3. The van der Waals surface area contributed by atoms with E-state index in [2.05, 4.69) is 5.32 Å². The normalized spacial score (nSPS) is 20.1. The van der Waals surface area contributed by atoms with Gasteiger partial charge in [-0.3, -0.25) is 0 Å². The van der Waals surface area contributed by atoms with E-state index in [0.29, 0.717) is 0 Å². The molecule has 10 heavy (non-hydrogen) atoms. The number of likely N-dealkylation sites (N-methyl/N-ethyl adjacent to an activating group) is 1. The molecule has 0 rings (SSSR count). The monoisotopic (exact) mass is 149 g/mol. The zero-order valence-corrected chi connectivity index (χ0v) is 6.28. The van der Waals surface area contributed by atoms with Gasteiger partial charge in [-0.05, 0) is 14.0 Å². The van der Waals surface area contributed by atoms with Gasteiger partial charge >= 0.3 is 0 Å². The van der Waals surface area contributed by atoms with Crippen LogP contribution in [0.2, 0.25) is 0 Å². The Hall–Kier alpha value is -0.160. The number of aliphatic hydroxyl groups excluding tert-OH is 3. The molecule has 0 amide bonds. The third kappa shape index (κ3) is 2.62. The maximum absolute atomic E-state index is 9.11. The Bertz CT molecular complexity index is 79.1. The third-order valence-corrected chi connectivity index (χ3v) is 1.55. The first-order valence-electron chi connectivity index (χ1n) is 3.27. The number of hydrogen-bond donors (Lipinski definition) is 4. The summed E-state index contributed by atoms with van der Waals surface area (Å²) in [5.74, 6) is 0. The maximum atomic E-state index is 9.11. The summed E-state index contributed by atoms with van der Waals surface area (Å²) >= 11 is 0. The second-order valence-electron chi connectivity index (χ2n) is 2.32. The molecule has 0 saturated carbocycles. The minimum absolute atomic E-state index is 0.206. The van der Waals surface area contributed by atoms with Crippen LogP contribution in [0.15, 0.2) is 0 Å². The second kappa shape index (κ2) is 4.62. The zero-order valence-electron chi connectivity index (χ0n) is 6.28. The number of aliphatic hydroxyl groups is 3. The van der Waals surface area contributed by atoms with Crippen LogP contribution in [0.5, 0.6) is 0 Å². The van der Waals surface area contributed by atoms with Gasteiger partial charge in [-0.1, -0.05) is 0 Å². The van der Waals surface area contributed by atoms with Crippen LogP contribution in [0, 0.1) is 0 Å². The largest absolute Gasteiger partial charge is 0.394 e. The molecule has 0 bridgehead atoms. The molecule has 4 N–H and O–H groups in total. The Balaban J connectivity index is 3.69. The van der Waals surface area contributed by atoms with Crippen molar-refractivity contribution in [3.63, 3.8) is 0 Å². The molecule has 62 valence electrons. The van der Waals surface area contributed by atoms with E-state index in [0.717, 1.165) is 0 Å². The average molecular weight is 149 g/mol. The molecule has 0 aromatic rings. The van der Waals surface area contributed by atoms with E-state index in [-0.39, 0.29) is 6.04 Å². The van der Waals surface area contributed by atoms with E-state index in [1.807, 2.05) is 0 Å². The first kappa shape index (κ1) is 9.84. The first-order chi connectivity index (χ1) is 4.63. The minimum atomic E-state index is -1.05. The molecule has 0 aromatic heterocycles. The third-order valence-electron chi connectivity index (χ3n) is 1.55. The lowest BCUT2D eigenvalue weighted by Gasteiger charge is -2.21. The van der Waals surface area contributed by atoms with E-state index in [1.54, 1.807) is 14.0 Å². The van der Waals surface area contributed by atoms with Crippen LogP contribution in [-0.2, 0) is 0 Å². The summed E-state index contributed by atoms with van der Waals surface area (Å²) < 4.78 is 0. The molecule has 0 aromatic carbocycles. The molecule has 0 aliphatic rings. The van der Waals surface area contributed by atoms with Crippen molar-refractivity contribution in [3.05, 3.63) is 0 Å². The van der Waals surface area contributed by atoms with E-state index in [1.165, 1.54) is 0 Å². The van der Waals surface area contributed by atoms with Crippen molar-refractivity contribution in [2.75, 3.05) is 13.7 Å². The summed E-state index contributed by atoms with van der Waals surface area (Å²) in [5, 5.41) is 29.2. The van der Waals surface area contributed by atoms with E-state index < -0.39 is 18.8 Å². The highest BCUT2D eigenvalue weighted by atomic mass is 16.4. The van der Waals surface area contributed by atoms with Crippen LogP contribution in [0.25, 0.3) is 0 Å². The van der Waals surface area contributed by atoms with E-state index >= 15 is 0 Å². The molecule has 0 saturated heterocycles. The average Bonchev–Trinajstić information content (AvgIpc) is 2.00. The highest BCUT2D eigenvalue weighted by Gasteiger charge is 2.20. The van der Waals surface area contributed by atoms with Gasteiger partial charge in [0.15, 0.2) is 0 Å². The van der Waals surface area contributed by atoms with Crippen LogP contribution >= 0.6 is 0 Å². The fourth-order valence-electron chi connectivity index (χ4n) is 0.612. The minimum Gasteiger partial charge on any atom is -0.394 e. The van der Waals surface area contributed by atoms with Crippen LogP contribution < -0.4 is 5.32 Å². The molecule has 3 unspecified atom stereocenters. The molecule has 3 atom stereocenters. The predicted molar refractivity (Wildman–Crippen MR) is 37.6 cm³/mol. The lowest BCUT2D eigenvalue weighted by atomic mass is 10.1. The predicted octanol–water partition coefficient (Wildman–Crippen LogP) is -1.69. The Labute approximate surface area is 60.5 Å². The topological polar surface area (TPSA) is 72.7 Å². The van der Waals surface area contributed by atoms with Gasteiger partial charge in [0, 0.05) is 6.04 Å². The van der Waals surface area contributed by atoms with Crippen LogP contribution in [0.3, 0.4) is 0 Å². The number of rotatable bonds is 4. The van der Waals surface area contributed by atoms with Crippen molar-refractivity contribution in [1.29, 1.82) is 0 Å². The Morgan fingerprint density at radius 2 is 1.90 bits per heavy atom. The molecular weight excluding hydrogens is 134 g/mol. The molecule has 0 aliphatic carbocycles. The smallest absolute Gasteiger partial charge is 0.104 e. The van der Waals surface area contributed by atoms with Gasteiger partial charge in [0.2, 0.25) is 0 Å². The van der Waals surface area contributed by atoms with Gasteiger partial charge in [0.05, 0.1) is 12.7 Å². The van der Waals surface area contributed by atoms with Gasteiger partial charge in [0.1, 0.15) is 6.10 Å². The van der Waals surface area contributed by atoms with Gasteiger partial charge < -0.3 is 20.6 Å². The summed E-state index contributed by atoms with van der Waals surface area (Å²) in [6.45, 7) is 1.32. The van der Waals surface area contributed by atoms with Crippen LogP contribution in [-0.4, -0.2) is 47.2 Å². The lowest BCUT2D eigenvalue weighted by Crippen LogP contribution is -2.44. The summed E-state index contributed by atoms with van der Waals surface area (Å²) in [4.78, 5) is 0. The zero-order chi connectivity index (χ0) is 8.15. The standard InChI is InChI=1S/C6H15NO3/c1-4(7-2)6(10)5(9)3-8/h4-10H,3H2,1-2H3. The fraction of sp³-hybridized carbons (Fsp3) is 1.00. The van der Waals surface area contributed by atoms with Crippen molar-refractivity contribution in [1.82, 2.24) is 5.32 Å². The van der Waals surface area contributed by atoms with Gasteiger partial charge in [-0.15, -0.1) is 0 Å². The van der Waals surface area contributed by atoms with Gasteiger partial charge in [-0.2, -0.15) is 0 Å². The summed E-state index contributed by atoms with van der Waals surface area (Å²) in [7, 11) is 1.68. The molecule has 4 heteroatoms. The van der Waals surface area contributed by atoms with Crippen molar-refractivity contribution in [3.8, 4) is 0 Å². The molecule has 0 spiro atoms. The highest BCUT2D eigenvalue weighted by Crippen LogP contribution is 1.97. The number of hydrogen-bond acceptors (Lipinski definition) is 4. The van der Waals surface area contributed by atoms with E-state index in [9.17, 15) is 0 Å². The molecule has 0 radical (unpaired) electrons. The van der Waals surface area contributed by atoms with Crippen LogP contribution in [0.4, 0.5) is 0 Å². The lowest BCUT2D eigenvalue weighted by molar-refractivity contribution is -0.0277. The molecule has 0 fully saturated rings. The second-order valence-corrected chi connectivity index (χ2v) is 2.32. The first-order valence-corrected chi connectivity index (χ1v) is 3.27. The molecule has 0 aliphatic heterocycles. The maximum Gasteiger partial charge on any atom is 0.104 e. The summed E-state index contributed by atoms with van der Waals surface area (Å²) in [6.07, 6.45) is -1.96. The highest BCUT2D eigenvalue weighted by molar-refractivity contribution is 4.75. The van der Waals surface area contributed by atoms with Crippen molar-refractivity contribution >= 4 is 0 Å². The van der Waals surface area contributed by atoms with Crippen molar-refractivity contribution in [2.45, 2.75) is 25.2 Å². The molecule has 4 nitrogen and oxygen atoms in total. The van der Waals surface area contributed by atoms with Gasteiger partial charge in [-0.25, -0.2) is 0 Å². The van der Waals surface area contributed by atoms with Gasteiger partial charge in [0.25, 0.3) is 0 Å². The molecule has 0 heterocycles. The van der Waals surface area contributed by atoms with Crippen LogP contribution in [0.1, 0.15) is 6.92 Å². The van der Waals surface area contributed by atoms with Crippen molar-refractivity contribution < 1.29 is 15.3 Å². The Morgan fingerprint density at radius 3 is 2.20 bits per heavy atom. The summed E-state index contributed by atoms with van der Waals surface area (Å²) in [5.41, 5.74) is 0. The van der Waals surface area contributed by atoms with Crippen molar-refractivity contribution in [2.24, 2.45) is 0 Å². The summed E-state index contributed by atoms with van der Waals surface area (Å²) in [6, 6.07) is -0.206. The van der Waals surface area contributed by atoms with E-state index in [4.69, 9.17) is 15.3 Å². The Kier molecular flexibility index (Phi) is 4.55. The quantitative estimate of drug-likeness (QED) is 0.385. The Morgan fingerprint density at radius 1 is 1.40 bits per heavy atom.